The molecule has 4 nitrogen and oxygen atoms in total. The maximum absolute atomic E-state index is 11.4. The molecule has 1 saturated carbocycles. The number of nitrogens with zero attached hydrogens (tertiary/aromatic N) is 1. The van der Waals surface area contributed by atoms with Crippen LogP contribution in [-0.4, -0.2) is 23.8 Å². The van der Waals surface area contributed by atoms with E-state index in [4.69, 9.17) is 9.15 Å². The molecule has 0 spiro atoms. The third kappa shape index (κ3) is 3.68. The summed E-state index contributed by atoms with van der Waals surface area (Å²) in [6.07, 6.45) is 4.50. The number of oxazole rings is 1. The first-order chi connectivity index (χ1) is 10.2. The standard InChI is InChI=1S/C15H17NO3S2/c1-18-13(17)7-15(4-5-15)10-20-9-11-8-19-14(16-11)12-3-2-6-21-12/h2-3,6,8H,4-5,7,9-10H2,1H3. The number of hydrogen-bond acceptors (Lipinski definition) is 6. The fourth-order valence-electron chi connectivity index (χ4n) is 2.19. The van der Waals surface area contributed by atoms with Crippen molar-refractivity contribution in [3.63, 3.8) is 0 Å². The second-order valence-electron chi connectivity index (χ2n) is 5.37. The summed E-state index contributed by atoms with van der Waals surface area (Å²) < 4.78 is 10.3. The maximum atomic E-state index is 11.4. The van der Waals surface area contributed by atoms with E-state index in [2.05, 4.69) is 4.98 Å². The van der Waals surface area contributed by atoms with E-state index in [1.54, 1.807) is 17.6 Å². The van der Waals surface area contributed by atoms with Crippen LogP contribution in [0.2, 0.25) is 0 Å². The van der Waals surface area contributed by atoms with Crippen molar-refractivity contribution in [3.05, 3.63) is 29.5 Å². The normalized spacial score (nSPS) is 15.9. The molecule has 0 aromatic carbocycles. The summed E-state index contributed by atoms with van der Waals surface area (Å²) in [4.78, 5) is 16.9. The van der Waals surface area contributed by atoms with Gasteiger partial charge in [0.2, 0.25) is 5.89 Å². The van der Waals surface area contributed by atoms with Gasteiger partial charge < -0.3 is 9.15 Å². The number of hydrogen-bond donors (Lipinski definition) is 0. The Balaban J connectivity index is 1.49. The van der Waals surface area contributed by atoms with Gasteiger partial charge in [0.05, 0.1) is 24.1 Å². The van der Waals surface area contributed by atoms with Crippen LogP contribution in [0.15, 0.2) is 28.2 Å². The fraction of sp³-hybridized carbons (Fsp3) is 0.467. The highest BCUT2D eigenvalue weighted by atomic mass is 32.2. The van der Waals surface area contributed by atoms with Gasteiger partial charge in [0.1, 0.15) is 6.26 Å². The summed E-state index contributed by atoms with van der Waals surface area (Å²) in [5.41, 5.74) is 1.12. The molecule has 0 N–H and O–H groups in total. The SMILES string of the molecule is COC(=O)CC1(CSCc2coc(-c3cccs3)n2)CC1. The zero-order valence-corrected chi connectivity index (χ0v) is 13.5. The first-order valence-corrected chi connectivity index (χ1v) is 8.87. The minimum Gasteiger partial charge on any atom is -0.469 e. The van der Waals surface area contributed by atoms with Crippen LogP contribution in [-0.2, 0) is 15.3 Å². The Morgan fingerprint density at radius 2 is 2.43 bits per heavy atom. The summed E-state index contributed by atoms with van der Waals surface area (Å²) in [5, 5.41) is 2.01. The highest BCUT2D eigenvalue weighted by Gasteiger charge is 2.44. The number of esters is 1. The zero-order valence-electron chi connectivity index (χ0n) is 11.8. The molecular weight excluding hydrogens is 306 g/mol. The second-order valence-corrected chi connectivity index (χ2v) is 7.30. The molecule has 1 aliphatic rings. The van der Waals surface area contributed by atoms with Crippen molar-refractivity contribution in [1.82, 2.24) is 4.98 Å². The number of methoxy groups -OCH3 is 1. The van der Waals surface area contributed by atoms with Gasteiger partial charge in [-0.25, -0.2) is 4.98 Å². The summed E-state index contributed by atoms with van der Waals surface area (Å²) in [5.74, 6) is 2.38. The van der Waals surface area contributed by atoms with Gasteiger partial charge in [-0.05, 0) is 35.5 Å². The Hall–Kier alpha value is -1.27. The van der Waals surface area contributed by atoms with Crippen molar-refractivity contribution in [3.8, 4) is 10.8 Å². The smallest absolute Gasteiger partial charge is 0.306 e. The highest BCUT2D eigenvalue weighted by molar-refractivity contribution is 7.98. The molecular formula is C15H17NO3S2. The number of thiophene rings is 1. The third-order valence-electron chi connectivity index (χ3n) is 3.65. The second kappa shape index (κ2) is 6.23. The molecule has 3 rings (SSSR count). The predicted molar refractivity (Wildman–Crippen MR) is 84.3 cm³/mol. The van der Waals surface area contributed by atoms with Crippen LogP contribution in [0.25, 0.3) is 10.8 Å². The van der Waals surface area contributed by atoms with Gasteiger partial charge in [-0.3, -0.25) is 4.79 Å². The van der Waals surface area contributed by atoms with E-state index in [-0.39, 0.29) is 11.4 Å². The van der Waals surface area contributed by atoms with Crippen molar-refractivity contribution in [1.29, 1.82) is 0 Å². The number of carbonyl (C=O) groups is 1. The molecule has 0 radical (unpaired) electrons. The molecule has 0 unspecified atom stereocenters. The largest absolute Gasteiger partial charge is 0.469 e. The van der Waals surface area contributed by atoms with Crippen molar-refractivity contribution >= 4 is 29.1 Å². The van der Waals surface area contributed by atoms with Crippen LogP contribution in [0.3, 0.4) is 0 Å². The summed E-state index contributed by atoms with van der Waals surface area (Å²) in [6, 6.07) is 3.99. The van der Waals surface area contributed by atoms with E-state index in [1.165, 1.54) is 7.11 Å². The Morgan fingerprint density at radius 1 is 1.57 bits per heavy atom. The Labute approximate surface area is 131 Å². The van der Waals surface area contributed by atoms with E-state index in [9.17, 15) is 4.79 Å². The molecule has 2 aromatic heterocycles. The molecule has 112 valence electrons. The third-order valence-corrected chi connectivity index (χ3v) is 5.82. The minimum absolute atomic E-state index is 0.102. The lowest BCUT2D eigenvalue weighted by molar-refractivity contribution is -0.141. The quantitative estimate of drug-likeness (QED) is 0.721. The maximum Gasteiger partial charge on any atom is 0.306 e. The average molecular weight is 323 g/mol. The zero-order chi connectivity index (χ0) is 14.7. The van der Waals surface area contributed by atoms with Gasteiger partial charge in [0, 0.05) is 5.75 Å². The molecule has 0 saturated heterocycles. The summed E-state index contributed by atoms with van der Waals surface area (Å²) in [7, 11) is 1.45. The number of rotatable bonds is 7. The van der Waals surface area contributed by atoms with Crippen LogP contribution >= 0.6 is 23.1 Å². The fourth-order valence-corrected chi connectivity index (χ4v) is 4.11. The lowest BCUT2D eigenvalue weighted by Gasteiger charge is -2.12. The van der Waals surface area contributed by atoms with Gasteiger partial charge in [0.25, 0.3) is 0 Å². The first-order valence-electron chi connectivity index (χ1n) is 6.84. The van der Waals surface area contributed by atoms with Gasteiger partial charge in [-0.2, -0.15) is 11.8 Å². The summed E-state index contributed by atoms with van der Waals surface area (Å²) in [6.45, 7) is 0. The van der Waals surface area contributed by atoms with E-state index in [0.717, 1.165) is 34.9 Å². The summed E-state index contributed by atoms with van der Waals surface area (Å²) >= 11 is 3.43. The van der Waals surface area contributed by atoms with Gasteiger partial charge in [-0.15, -0.1) is 11.3 Å². The first kappa shape index (κ1) is 14.7. The highest BCUT2D eigenvalue weighted by Crippen LogP contribution is 2.51. The lowest BCUT2D eigenvalue weighted by Crippen LogP contribution is -2.13. The molecule has 1 aliphatic carbocycles. The van der Waals surface area contributed by atoms with Crippen LogP contribution in [0.4, 0.5) is 0 Å². The molecule has 1 fully saturated rings. The number of aromatic nitrogens is 1. The van der Waals surface area contributed by atoms with Crippen molar-refractivity contribution < 1.29 is 13.9 Å². The topological polar surface area (TPSA) is 52.3 Å². The van der Waals surface area contributed by atoms with Crippen molar-refractivity contribution in [2.45, 2.75) is 25.0 Å². The van der Waals surface area contributed by atoms with Crippen LogP contribution in [0, 0.1) is 5.41 Å². The monoisotopic (exact) mass is 323 g/mol. The number of carbonyl (C=O) groups excluding carboxylic acids is 1. The van der Waals surface area contributed by atoms with Gasteiger partial charge in [-0.1, -0.05) is 6.07 Å². The number of thioether (sulfide) groups is 1. The molecule has 2 heterocycles. The Kier molecular flexibility index (Phi) is 4.35. The van der Waals surface area contributed by atoms with Gasteiger partial charge in [0.15, 0.2) is 0 Å². The van der Waals surface area contributed by atoms with Gasteiger partial charge >= 0.3 is 5.97 Å². The molecule has 0 aliphatic heterocycles. The van der Waals surface area contributed by atoms with Crippen LogP contribution < -0.4 is 0 Å². The molecule has 2 aromatic rings. The average Bonchev–Trinajstić information content (AvgIpc) is 2.93. The Bertz CT molecular complexity index is 602. The van der Waals surface area contributed by atoms with E-state index in [1.807, 2.05) is 29.3 Å². The van der Waals surface area contributed by atoms with Crippen molar-refractivity contribution in [2.24, 2.45) is 5.41 Å². The van der Waals surface area contributed by atoms with E-state index < -0.39 is 0 Å². The number of ether oxygens (including phenoxy) is 1. The molecule has 0 atom stereocenters. The molecule has 6 heteroatoms. The van der Waals surface area contributed by atoms with Crippen LogP contribution in [0.5, 0.6) is 0 Å². The van der Waals surface area contributed by atoms with E-state index in [0.29, 0.717) is 12.3 Å². The predicted octanol–water partition coefficient (Wildman–Crippen LogP) is 3.98. The van der Waals surface area contributed by atoms with E-state index >= 15 is 0 Å². The molecule has 0 bridgehead atoms. The van der Waals surface area contributed by atoms with Crippen molar-refractivity contribution in [2.75, 3.05) is 12.9 Å². The molecule has 21 heavy (non-hydrogen) atoms. The lowest BCUT2D eigenvalue weighted by atomic mass is 10.1. The molecule has 0 amide bonds. The Morgan fingerprint density at radius 3 is 3.10 bits per heavy atom. The minimum atomic E-state index is -0.102. The van der Waals surface area contributed by atoms with Crippen LogP contribution in [0.1, 0.15) is 25.0 Å².